The van der Waals surface area contributed by atoms with E-state index in [-0.39, 0.29) is 11.9 Å². The molecule has 2 N–H and O–H groups in total. The van der Waals surface area contributed by atoms with Gasteiger partial charge in [-0.3, -0.25) is 9.69 Å². The molecule has 29 heavy (non-hydrogen) atoms. The summed E-state index contributed by atoms with van der Waals surface area (Å²) in [6, 6.07) is 16.5. The van der Waals surface area contributed by atoms with Crippen LogP contribution in [0.3, 0.4) is 0 Å². The van der Waals surface area contributed by atoms with Crippen molar-refractivity contribution in [2.24, 2.45) is 0 Å². The first-order valence-electron chi connectivity index (χ1n) is 10.4. The fourth-order valence-electron chi connectivity index (χ4n) is 4.24. The minimum atomic E-state index is 0.0604. The summed E-state index contributed by atoms with van der Waals surface area (Å²) in [5, 5.41) is 4.30. The number of piperidine rings is 1. The monoisotopic (exact) mass is 391 g/mol. The van der Waals surface area contributed by atoms with Crippen molar-refractivity contribution in [2.45, 2.75) is 31.7 Å². The van der Waals surface area contributed by atoms with Gasteiger partial charge < -0.3 is 15.0 Å². The number of likely N-dealkylation sites (tertiary alicyclic amines) is 1. The molecular weight excluding hydrogens is 362 g/mol. The van der Waals surface area contributed by atoms with Gasteiger partial charge in [0.05, 0.1) is 19.6 Å². The highest BCUT2D eigenvalue weighted by atomic mass is 16.5. The Morgan fingerprint density at radius 1 is 1.10 bits per heavy atom. The van der Waals surface area contributed by atoms with Gasteiger partial charge >= 0.3 is 0 Å². The zero-order valence-electron chi connectivity index (χ0n) is 17.0. The number of methoxy groups -OCH3 is 1. The molecule has 0 bridgehead atoms. The van der Waals surface area contributed by atoms with Gasteiger partial charge in [0.25, 0.3) is 0 Å². The molecule has 1 fully saturated rings. The summed E-state index contributed by atoms with van der Waals surface area (Å²) in [7, 11) is 1.68. The molecule has 1 aliphatic heterocycles. The number of nitrogens with one attached hydrogen (secondary N) is 2. The van der Waals surface area contributed by atoms with Gasteiger partial charge in [0.15, 0.2) is 0 Å². The van der Waals surface area contributed by atoms with E-state index in [1.54, 1.807) is 7.11 Å². The summed E-state index contributed by atoms with van der Waals surface area (Å²) >= 11 is 0. The Bertz CT molecular complexity index is 942. The summed E-state index contributed by atoms with van der Waals surface area (Å²) in [5.74, 6) is 0.916. The molecule has 152 valence electrons. The lowest BCUT2D eigenvalue weighted by Crippen LogP contribution is -2.41. The maximum atomic E-state index is 12.7. The predicted octanol–water partition coefficient (Wildman–Crippen LogP) is 4.06. The first-order valence-corrected chi connectivity index (χ1v) is 10.4. The lowest BCUT2D eigenvalue weighted by Gasteiger charge is -2.35. The highest BCUT2D eigenvalue weighted by Crippen LogP contribution is 2.26. The molecule has 0 radical (unpaired) electrons. The number of rotatable bonds is 7. The van der Waals surface area contributed by atoms with Crippen molar-refractivity contribution in [3.8, 4) is 5.75 Å². The van der Waals surface area contributed by atoms with Crippen molar-refractivity contribution in [3.05, 3.63) is 65.9 Å². The third kappa shape index (κ3) is 4.62. The number of amides is 1. The molecule has 3 aromatic rings. The molecule has 5 nitrogen and oxygen atoms in total. The number of benzene rings is 2. The Hall–Kier alpha value is -2.79. The van der Waals surface area contributed by atoms with E-state index in [2.05, 4.69) is 33.4 Å². The maximum Gasteiger partial charge on any atom is 0.224 e. The number of fused-ring (bicyclic) bond motifs is 1. The van der Waals surface area contributed by atoms with Gasteiger partial charge in [0, 0.05) is 23.6 Å². The molecule has 0 unspecified atom stereocenters. The van der Waals surface area contributed by atoms with E-state index in [9.17, 15) is 4.79 Å². The number of nitrogens with zero attached hydrogens (tertiary/aromatic N) is 1. The van der Waals surface area contributed by atoms with Crippen molar-refractivity contribution in [3.63, 3.8) is 0 Å². The minimum absolute atomic E-state index is 0.0604. The van der Waals surface area contributed by atoms with E-state index in [0.29, 0.717) is 13.0 Å². The van der Waals surface area contributed by atoms with Crippen LogP contribution in [0.15, 0.2) is 54.7 Å². The molecule has 0 saturated carbocycles. The van der Waals surface area contributed by atoms with E-state index in [0.717, 1.165) is 35.3 Å². The Morgan fingerprint density at radius 3 is 2.62 bits per heavy atom. The molecule has 4 rings (SSSR count). The molecule has 5 heteroatoms. The van der Waals surface area contributed by atoms with Gasteiger partial charge in [-0.15, -0.1) is 0 Å². The number of ether oxygens (including phenoxy) is 1. The standard InChI is InChI=1S/C24H29N3O2/c1-29-20-11-9-18(10-12-20)23(27-13-5-2-6-14-27)17-26-24(28)15-19-16-25-22-8-4-3-7-21(19)22/h3-4,7-12,16,23,25H,2,5-6,13-15,17H2,1H3,(H,26,28)/t23-/m1/s1. The number of para-hydroxylation sites is 1. The molecule has 1 saturated heterocycles. The smallest absolute Gasteiger partial charge is 0.224 e. The van der Waals surface area contributed by atoms with Crippen LogP contribution >= 0.6 is 0 Å². The molecule has 1 amide bonds. The normalized spacial score (nSPS) is 15.9. The van der Waals surface area contributed by atoms with Crippen LogP contribution in [0.5, 0.6) is 5.75 Å². The van der Waals surface area contributed by atoms with Crippen LogP contribution < -0.4 is 10.1 Å². The lowest BCUT2D eigenvalue weighted by atomic mass is 10.0. The Kier molecular flexibility index (Phi) is 6.15. The third-order valence-electron chi connectivity index (χ3n) is 5.85. The van der Waals surface area contributed by atoms with Gasteiger partial charge in [0.2, 0.25) is 5.91 Å². The van der Waals surface area contributed by atoms with Crippen LogP contribution in [0.1, 0.15) is 36.4 Å². The summed E-state index contributed by atoms with van der Waals surface area (Å²) in [5.41, 5.74) is 3.33. The van der Waals surface area contributed by atoms with Gasteiger partial charge in [-0.2, -0.15) is 0 Å². The number of aromatic nitrogens is 1. The fourth-order valence-corrected chi connectivity index (χ4v) is 4.24. The van der Waals surface area contributed by atoms with Crippen LogP contribution in [0.2, 0.25) is 0 Å². The molecule has 1 atom stereocenters. The second-order valence-corrected chi connectivity index (χ2v) is 7.73. The highest BCUT2D eigenvalue weighted by Gasteiger charge is 2.23. The van der Waals surface area contributed by atoms with Crippen molar-refractivity contribution >= 4 is 16.8 Å². The number of hydrogen-bond acceptors (Lipinski definition) is 3. The summed E-state index contributed by atoms with van der Waals surface area (Å²) in [6.07, 6.45) is 6.06. The lowest BCUT2D eigenvalue weighted by molar-refractivity contribution is -0.120. The van der Waals surface area contributed by atoms with E-state index < -0.39 is 0 Å². The highest BCUT2D eigenvalue weighted by molar-refractivity contribution is 5.88. The van der Waals surface area contributed by atoms with Gasteiger partial charge in [-0.05, 0) is 55.3 Å². The Morgan fingerprint density at radius 2 is 1.86 bits per heavy atom. The second-order valence-electron chi connectivity index (χ2n) is 7.73. The van der Waals surface area contributed by atoms with Crippen LogP contribution in [0, 0.1) is 0 Å². The first-order chi connectivity index (χ1) is 14.2. The zero-order valence-corrected chi connectivity index (χ0v) is 17.0. The van der Waals surface area contributed by atoms with Gasteiger partial charge in [-0.1, -0.05) is 36.8 Å². The molecule has 1 aliphatic rings. The van der Waals surface area contributed by atoms with Crippen LogP contribution in [0.4, 0.5) is 0 Å². The number of carbonyl (C=O) groups excluding carboxylic acids is 1. The molecule has 2 aromatic carbocycles. The zero-order chi connectivity index (χ0) is 20.1. The first kappa shape index (κ1) is 19.5. The molecule has 0 spiro atoms. The van der Waals surface area contributed by atoms with E-state index in [1.165, 1.54) is 24.8 Å². The molecule has 1 aromatic heterocycles. The van der Waals surface area contributed by atoms with E-state index in [4.69, 9.17) is 4.74 Å². The van der Waals surface area contributed by atoms with Crippen molar-refractivity contribution in [1.82, 2.24) is 15.2 Å². The number of H-pyrrole nitrogens is 1. The minimum Gasteiger partial charge on any atom is -0.497 e. The predicted molar refractivity (Wildman–Crippen MR) is 116 cm³/mol. The average Bonchev–Trinajstić information content (AvgIpc) is 3.18. The molecule has 0 aliphatic carbocycles. The molecular formula is C24H29N3O2. The average molecular weight is 392 g/mol. The topological polar surface area (TPSA) is 57.4 Å². The van der Waals surface area contributed by atoms with Gasteiger partial charge in [-0.25, -0.2) is 0 Å². The number of aromatic amines is 1. The third-order valence-corrected chi connectivity index (χ3v) is 5.85. The van der Waals surface area contributed by atoms with Crippen molar-refractivity contribution < 1.29 is 9.53 Å². The summed E-state index contributed by atoms with van der Waals surface area (Å²) < 4.78 is 5.30. The number of hydrogen-bond donors (Lipinski definition) is 2. The van der Waals surface area contributed by atoms with Crippen LogP contribution in [0.25, 0.3) is 10.9 Å². The van der Waals surface area contributed by atoms with Crippen molar-refractivity contribution in [1.29, 1.82) is 0 Å². The van der Waals surface area contributed by atoms with Crippen LogP contribution in [-0.2, 0) is 11.2 Å². The molecule has 2 heterocycles. The van der Waals surface area contributed by atoms with Crippen molar-refractivity contribution in [2.75, 3.05) is 26.7 Å². The summed E-state index contributed by atoms with van der Waals surface area (Å²) in [6.45, 7) is 2.78. The van der Waals surface area contributed by atoms with E-state index >= 15 is 0 Å². The largest absolute Gasteiger partial charge is 0.497 e. The van der Waals surface area contributed by atoms with Crippen LogP contribution in [-0.4, -0.2) is 42.5 Å². The Balaban J connectivity index is 1.44. The Labute approximate surface area is 172 Å². The quantitative estimate of drug-likeness (QED) is 0.639. The fraction of sp³-hybridized carbons (Fsp3) is 0.375. The summed E-state index contributed by atoms with van der Waals surface area (Å²) in [4.78, 5) is 18.5. The maximum absolute atomic E-state index is 12.7. The van der Waals surface area contributed by atoms with Gasteiger partial charge in [0.1, 0.15) is 5.75 Å². The number of carbonyl (C=O) groups is 1. The van der Waals surface area contributed by atoms with E-state index in [1.807, 2.05) is 36.5 Å². The SMILES string of the molecule is COc1ccc([C@@H](CNC(=O)Cc2c[nH]c3ccccc23)N2CCCCC2)cc1. The second kappa shape index (κ2) is 9.14.